The lowest BCUT2D eigenvalue weighted by Crippen LogP contribution is -1.96. The van der Waals surface area contributed by atoms with Crippen LogP contribution in [0.4, 0.5) is 5.69 Å². The first-order valence-electron chi connectivity index (χ1n) is 8.20. The molecule has 0 spiro atoms. The molecule has 0 bridgehead atoms. The molecule has 1 aromatic carbocycles. The average molecular weight is 311 g/mol. The van der Waals surface area contributed by atoms with Crippen LogP contribution in [0, 0.1) is 0 Å². The maximum atomic E-state index is 5.72. The van der Waals surface area contributed by atoms with E-state index in [1.54, 1.807) is 12.4 Å². The third-order valence-corrected chi connectivity index (χ3v) is 3.52. The fourth-order valence-electron chi connectivity index (χ4n) is 2.14. The van der Waals surface area contributed by atoms with Crippen LogP contribution in [-0.2, 0) is 7.05 Å². The number of allylic oxidation sites excluding steroid dienone is 1. The molecule has 2 aromatic rings. The predicted molar refractivity (Wildman–Crippen MR) is 96.5 cm³/mol. The Morgan fingerprint density at radius 2 is 2.00 bits per heavy atom. The Morgan fingerprint density at radius 3 is 2.70 bits per heavy atom. The van der Waals surface area contributed by atoms with Crippen molar-refractivity contribution in [3.63, 3.8) is 0 Å². The summed E-state index contributed by atoms with van der Waals surface area (Å²) in [5.41, 5.74) is 0.910. The van der Waals surface area contributed by atoms with Crippen LogP contribution >= 0.6 is 0 Å². The van der Waals surface area contributed by atoms with Crippen LogP contribution in [0.15, 0.2) is 47.7 Å². The highest BCUT2D eigenvalue weighted by molar-refractivity contribution is 5.79. The summed E-state index contributed by atoms with van der Waals surface area (Å²) < 4.78 is 7.67. The Morgan fingerprint density at radius 1 is 1.17 bits per heavy atom. The van der Waals surface area contributed by atoms with Crippen LogP contribution in [0.2, 0.25) is 0 Å². The first-order chi connectivity index (χ1) is 11.3. The average Bonchev–Trinajstić information content (AvgIpc) is 2.98. The van der Waals surface area contributed by atoms with Gasteiger partial charge in [-0.05, 0) is 42.8 Å². The van der Waals surface area contributed by atoms with E-state index in [1.807, 2.05) is 54.2 Å². The zero-order chi connectivity index (χ0) is 16.3. The van der Waals surface area contributed by atoms with Gasteiger partial charge in [0.1, 0.15) is 11.6 Å². The van der Waals surface area contributed by atoms with E-state index in [0.717, 1.165) is 30.3 Å². The van der Waals surface area contributed by atoms with Crippen molar-refractivity contribution in [1.82, 2.24) is 9.55 Å². The Hall–Kier alpha value is -2.36. The first kappa shape index (κ1) is 17.0. The molecule has 4 nitrogen and oxygen atoms in total. The van der Waals surface area contributed by atoms with Crippen molar-refractivity contribution in [3.05, 3.63) is 48.6 Å². The largest absolute Gasteiger partial charge is 0.494 e. The number of aromatic nitrogens is 2. The van der Waals surface area contributed by atoms with Crippen LogP contribution in [0.5, 0.6) is 5.75 Å². The highest BCUT2D eigenvalue weighted by atomic mass is 16.5. The monoisotopic (exact) mass is 311 g/mol. The number of benzene rings is 1. The summed E-state index contributed by atoms with van der Waals surface area (Å²) in [6.45, 7) is 3.00. The van der Waals surface area contributed by atoms with Gasteiger partial charge >= 0.3 is 0 Å². The molecule has 0 unspecified atom stereocenters. The van der Waals surface area contributed by atoms with Crippen molar-refractivity contribution >= 4 is 18.0 Å². The van der Waals surface area contributed by atoms with E-state index in [-0.39, 0.29) is 0 Å². The predicted octanol–water partition coefficient (Wildman–Crippen LogP) is 4.79. The fraction of sp³-hybridized carbons (Fsp3) is 0.368. The fourth-order valence-corrected chi connectivity index (χ4v) is 2.14. The van der Waals surface area contributed by atoms with Crippen molar-refractivity contribution in [2.45, 2.75) is 32.6 Å². The van der Waals surface area contributed by atoms with Gasteiger partial charge in [-0.2, -0.15) is 0 Å². The van der Waals surface area contributed by atoms with Gasteiger partial charge in [0.25, 0.3) is 0 Å². The minimum absolute atomic E-state index is 0.787. The quantitative estimate of drug-likeness (QED) is 0.493. The van der Waals surface area contributed by atoms with Crippen LogP contribution in [0.25, 0.3) is 6.08 Å². The van der Waals surface area contributed by atoms with Gasteiger partial charge in [-0.25, -0.2) is 4.98 Å². The van der Waals surface area contributed by atoms with Gasteiger partial charge < -0.3 is 9.30 Å². The molecule has 0 radical (unpaired) electrons. The molecular formula is C19H25N3O. The number of nitrogens with zero attached hydrogens (tertiary/aromatic N) is 3. The zero-order valence-electron chi connectivity index (χ0n) is 14.0. The van der Waals surface area contributed by atoms with Gasteiger partial charge in [0, 0.05) is 25.7 Å². The van der Waals surface area contributed by atoms with Gasteiger partial charge in [0.2, 0.25) is 0 Å². The smallest absolute Gasteiger partial charge is 0.132 e. The summed E-state index contributed by atoms with van der Waals surface area (Å²) in [6, 6.07) is 7.86. The van der Waals surface area contributed by atoms with Crippen LogP contribution in [-0.4, -0.2) is 22.4 Å². The standard InChI is InChI=1S/C19H25N3O/c1-3-4-5-6-16-23-18-11-9-17(10-12-18)20-13-7-8-19-21-14-15-22(19)2/h7-15H,3-6,16H2,1-2H3/b8-7+,20-13?. The van der Waals surface area contributed by atoms with Crippen LogP contribution in [0.3, 0.4) is 0 Å². The molecule has 122 valence electrons. The summed E-state index contributed by atoms with van der Waals surface area (Å²) in [5.74, 6) is 1.81. The first-order valence-corrected chi connectivity index (χ1v) is 8.20. The third kappa shape index (κ3) is 6.10. The second kappa shape index (κ2) is 9.62. The van der Waals surface area contributed by atoms with E-state index in [1.165, 1.54) is 19.3 Å². The van der Waals surface area contributed by atoms with Crippen molar-refractivity contribution < 1.29 is 4.74 Å². The lowest BCUT2D eigenvalue weighted by atomic mass is 10.2. The summed E-state index contributed by atoms with van der Waals surface area (Å²) in [7, 11) is 1.96. The molecule has 2 rings (SSSR count). The number of aryl methyl sites for hydroxylation is 1. The Bertz CT molecular complexity index is 626. The number of ether oxygens (including phenoxy) is 1. The van der Waals surface area contributed by atoms with E-state index >= 15 is 0 Å². The van der Waals surface area contributed by atoms with Crippen molar-refractivity contribution in [3.8, 4) is 5.75 Å². The van der Waals surface area contributed by atoms with E-state index in [0.29, 0.717) is 0 Å². The van der Waals surface area contributed by atoms with Gasteiger partial charge in [-0.15, -0.1) is 0 Å². The number of aliphatic imine (C=N–C) groups is 1. The molecule has 1 aromatic heterocycles. The maximum Gasteiger partial charge on any atom is 0.132 e. The molecular weight excluding hydrogens is 286 g/mol. The zero-order valence-corrected chi connectivity index (χ0v) is 14.0. The van der Waals surface area contributed by atoms with Crippen LogP contribution in [0.1, 0.15) is 38.4 Å². The molecule has 4 heteroatoms. The Kier molecular flexibility index (Phi) is 7.11. The topological polar surface area (TPSA) is 39.4 Å². The lowest BCUT2D eigenvalue weighted by Gasteiger charge is -2.05. The van der Waals surface area contributed by atoms with Gasteiger partial charge in [0.05, 0.1) is 12.3 Å². The number of hydrogen-bond donors (Lipinski definition) is 0. The summed E-state index contributed by atoms with van der Waals surface area (Å²) in [5, 5.41) is 0. The molecule has 0 saturated carbocycles. The highest BCUT2D eigenvalue weighted by Crippen LogP contribution is 2.18. The number of imidazole rings is 1. The molecule has 0 N–H and O–H groups in total. The lowest BCUT2D eigenvalue weighted by molar-refractivity contribution is 0.305. The van der Waals surface area contributed by atoms with Crippen molar-refractivity contribution in [2.24, 2.45) is 12.0 Å². The second-order valence-electron chi connectivity index (χ2n) is 5.44. The Balaban J connectivity index is 1.77. The van der Waals surface area contributed by atoms with Gasteiger partial charge in [0.15, 0.2) is 0 Å². The SMILES string of the molecule is CCCCCCOc1ccc(N=C/C=C/c2nccn2C)cc1. The second-order valence-corrected chi connectivity index (χ2v) is 5.44. The summed E-state index contributed by atoms with van der Waals surface area (Å²) >= 11 is 0. The van der Waals surface area contributed by atoms with Crippen LogP contribution < -0.4 is 4.74 Å². The summed E-state index contributed by atoms with van der Waals surface area (Å²) in [6.07, 6.45) is 14.2. The van der Waals surface area contributed by atoms with E-state index in [2.05, 4.69) is 16.9 Å². The van der Waals surface area contributed by atoms with Crippen molar-refractivity contribution in [2.75, 3.05) is 6.61 Å². The molecule has 0 fully saturated rings. The molecule has 1 heterocycles. The molecule has 0 saturated heterocycles. The van der Waals surface area contributed by atoms with Gasteiger partial charge in [-0.1, -0.05) is 26.2 Å². The van der Waals surface area contributed by atoms with E-state index in [9.17, 15) is 0 Å². The van der Waals surface area contributed by atoms with Gasteiger partial charge in [-0.3, -0.25) is 4.99 Å². The molecule has 0 aliphatic rings. The van der Waals surface area contributed by atoms with E-state index in [4.69, 9.17) is 4.74 Å². The molecule has 23 heavy (non-hydrogen) atoms. The highest BCUT2D eigenvalue weighted by Gasteiger charge is 1.95. The molecule has 0 aliphatic heterocycles. The molecule has 0 amide bonds. The Labute approximate surface area is 138 Å². The number of rotatable bonds is 9. The minimum atomic E-state index is 0.787. The number of hydrogen-bond acceptors (Lipinski definition) is 3. The normalized spacial score (nSPS) is 11.6. The molecule has 0 atom stereocenters. The van der Waals surface area contributed by atoms with Crippen molar-refractivity contribution in [1.29, 1.82) is 0 Å². The van der Waals surface area contributed by atoms with E-state index < -0.39 is 0 Å². The third-order valence-electron chi connectivity index (χ3n) is 3.52. The molecule has 0 aliphatic carbocycles. The summed E-state index contributed by atoms with van der Waals surface area (Å²) in [4.78, 5) is 8.61. The minimum Gasteiger partial charge on any atom is -0.494 e. The maximum absolute atomic E-state index is 5.72. The number of unbranched alkanes of at least 4 members (excludes halogenated alkanes) is 3.